The summed E-state index contributed by atoms with van der Waals surface area (Å²) in [4.78, 5) is 27.3. The molecule has 23 heavy (non-hydrogen) atoms. The zero-order valence-electron chi connectivity index (χ0n) is 12.8. The summed E-state index contributed by atoms with van der Waals surface area (Å²) in [6.45, 7) is 3.55. The van der Waals surface area contributed by atoms with Crippen molar-refractivity contribution in [2.75, 3.05) is 0 Å². The second-order valence-corrected chi connectivity index (χ2v) is 5.39. The van der Waals surface area contributed by atoms with E-state index in [9.17, 15) is 14.9 Å². The van der Waals surface area contributed by atoms with Gasteiger partial charge in [0.1, 0.15) is 5.69 Å². The molecule has 2 aromatic carbocycles. The molecule has 0 aliphatic heterocycles. The molecular formula is C17H15N3O3. The summed E-state index contributed by atoms with van der Waals surface area (Å²) in [6, 6.07) is 13.8. The van der Waals surface area contributed by atoms with Crippen LogP contribution in [0.2, 0.25) is 0 Å². The van der Waals surface area contributed by atoms with Gasteiger partial charge in [-0.2, -0.15) is 0 Å². The topological polar surface area (TPSA) is 78.0 Å². The largest absolute Gasteiger partial charge is 0.298 e. The average Bonchev–Trinajstić information content (AvgIpc) is 2.56. The van der Waals surface area contributed by atoms with Crippen molar-refractivity contribution in [2.45, 2.75) is 19.9 Å². The number of nitrogens with zero attached hydrogens (tertiary/aromatic N) is 3. The molecule has 6 nitrogen and oxygen atoms in total. The second-order valence-electron chi connectivity index (χ2n) is 5.39. The summed E-state index contributed by atoms with van der Waals surface area (Å²) in [5.74, 6) is 0. The lowest BCUT2D eigenvalue weighted by Crippen LogP contribution is -2.27. The van der Waals surface area contributed by atoms with Crippen LogP contribution in [0.4, 0.5) is 5.69 Å². The third-order valence-electron chi connectivity index (χ3n) is 3.92. The van der Waals surface area contributed by atoms with Crippen LogP contribution in [0.15, 0.2) is 53.3 Å². The first-order valence-electron chi connectivity index (χ1n) is 7.21. The average molecular weight is 309 g/mol. The maximum atomic E-state index is 12.6. The third kappa shape index (κ3) is 2.59. The minimum absolute atomic E-state index is 0.0398. The molecule has 0 radical (unpaired) electrons. The molecule has 0 amide bonds. The van der Waals surface area contributed by atoms with Crippen molar-refractivity contribution in [3.63, 3.8) is 0 Å². The number of non-ortho nitro benzene ring substituents is 1. The van der Waals surface area contributed by atoms with Crippen molar-refractivity contribution in [1.29, 1.82) is 0 Å². The summed E-state index contributed by atoms with van der Waals surface area (Å²) in [6.07, 6.45) is 0. The first-order chi connectivity index (χ1) is 11.0. The summed E-state index contributed by atoms with van der Waals surface area (Å²) in [7, 11) is 0. The molecule has 0 unspecified atom stereocenters. The minimum atomic E-state index is -0.466. The predicted molar refractivity (Wildman–Crippen MR) is 87.6 cm³/mol. The van der Waals surface area contributed by atoms with Crippen LogP contribution >= 0.6 is 0 Å². The van der Waals surface area contributed by atoms with Crippen LogP contribution in [0, 0.1) is 17.0 Å². The zero-order chi connectivity index (χ0) is 16.6. The lowest BCUT2D eigenvalue weighted by Gasteiger charge is -2.18. The Labute approximate surface area is 132 Å². The van der Waals surface area contributed by atoms with E-state index < -0.39 is 4.92 Å². The van der Waals surface area contributed by atoms with Crippen LogP contribution in [0.3, 0.4) is 0 Å². The van der Waals surface area contributed by atoms with Gasteiger partial charge in [0.25, 0.3) is 11.2 Å². The van der Waals surface area contributed by atoms with E-state index >= 15 is 0 Å². The maximum Gasteiger partial charge on any atom is 0.273 e. The van der Waals surface area contributed by atoms with Gasteiger partial charge in [0.2, 0.25) is 0 Å². The second kappa shape index (κ2) is 5.64. The van der Waals surface area contributed by atoms with E-state index in [1.165, 1.54) is 12.1 Å². The Kier molecular flexibility index (Phi) is 3.65. The number of fused-ring (bicyclic) bond motifs is 1. The molecular weight excluding hydrogens is 294 g/mol. The smallest absolute Gasteiger partial charge is 0.273 e. The summed E-state index contributed by atoms with van der Waals surface area (Å²) in [5.41, 5.74) is 2.10. The fraction of sp³-hybridized carbons (Fsp3) is 0.176. The molecule has 0 N–H and O–H groups in total. The number of aromatic nitrogens is 2. The monoisotopic (exact) mass is 309 g/mol. The van der Waals surface area contributed by atoms with Crippen molar-refractivity contribution >= 4 is 16.7 Å². The number of nitro groups is 1. The Morgan fingerprint density at radius 2 is 1.87 bits per heavy atom. The minimum Gasteiger partial charge on any atom is -0.298 e. The van der Waals surface area contributed by atoms with Gasteiger partial charge in [-0.1, -0.05) is 30.3 Å². The highest BCUT2D eigenvalue weighted by atomic mass is 16.6. The van der Waals surface area contributed by atoms with E-state index in [0.29, 0.717) is 16.7 Å². The van der Waals surface area contributed by atoms with Crippen molar-refractivity contribution in [3.05, 3.63) is 80.3 Å². The van der Waals surface area contributed by atoms with Crippen molar-refractivity contribution < 1.29 is 4.92 Å². The summed E-state index contributed by atoms with van der Waals surface area (Å²) >= 11 is 0. The number of rotatable bonds is 3. The molecule has 0 saturated carbocycles. The molecule has 3 rings (SSSR count). The zero-order valence-corrected chi connectivity index (χ0v) is 12.8. The van der Waals surface area contributed by atoms with Crippen molar-refractivity contribution in [3.8, 4) is 0 Å². The number of hydrogen-bond acceptors (Lipinski definition) is 4. The highest BCUT2D eigenvalue weighted by Crippen LogP contribution is 2.23. The fourth-order valence-corrected chi connectivity index (χ4v) is 2.70. The van der Waals surface area contributed by atoms with Gasteiger partial charge in [-0.25, -0.2) is 4.98 Å². The Bertz CT molecular complexity index is 948. The third-order valence-corrected chi connectivity index (χ3v) is 3.92. The van der Waals surface area contributed by atoms with Gasteiger partial charge in [0.15, 0.2) is 0 Å². The predicted octanol–water partition coefficient (Wildman–Crippen LogP) is 3.22. The molecule has 1 atom stereocenters. The van der Waals surface area contributed by atoms with E-state index in [2.05, 4.69) is 4.98 Å². The number of aryl methyl sites for hydroxylation is 1. The molecule has 0 fully saturated rings. The lowest BCUT2D eigenvalue weighted by atomic mass is 10.1. The number of nitro benzene ring substituents is 1. The molecule has 0 aliphatic carbocycles. The van der Waals surface area contributed by atoms with Gasteiger partial charge in [0.05, 0.1) is 22.0 Å². The van der Waals surface area contributed by atoms with Crippen LogP contribution in [0.25, 0.3) is 11.0 Å². The Morgan fingerprint density at radius 3 is 2.52 bits per heavy atom. The fourth-order valence-electron chi connectivity index (χ4n) is 2.70. The van der Waals surface area contributed by atoms with Crippen LogP contribution < -0.4 is 5.56 Å². The molecule has 116 valence electrons. The van der Waals surface area contributed by atoms with Crippen molar-refractivity contribution in [2.24, 2.45) is 0 Å². The molecule has 3 aromatic rings. The van der Waals surface area contributed by atoms with Crippen LogP contribution in [-0.4, -0.2) is 14.5 Å². The molecule has 1 heterocycles. The van der Waals surface area contributed by atoms with E-state index in [4.69, 9.17) is 0 Å². The lowest BCUT2D eigenvalue weighted by molar-refractivity contribution is -0.384. The molecule has 1 aromatic heterocycles. The van der Waals surface area contributed by atoms with Crippen LogP contribution in [-0.2, 0) is 0 Å². The van der Waals surface area contributed by atoms with Gasteiger partial charge in [-0.05, 0) is 25.5 Å². The highest BCUT2D eigenvalue weighted by molar-refractivity contribution is 5.78. The number of hydrogen-bond donors (Lipinski definition) is 0. The molecule has 0 spiro atoms. The Morgan fingerprint density at radius 1 is 1.17 bits per heavy atom. The van der Waals surface area contributed by atoms with E-state index in [-0.39, 0.29) is 17.3 Å². The number of benzene rings is 2. The van der Waals surface area contributed by atoms with Crippen molar-refractivity contribution in [1.82, 2.24) is 9.55 Å². The first kappa shape index (κ1) is 14.9. The standard InChI is InChI=1S/C17H15N3O3/c1-11-17(21)19(12(2)13-6-4-3-5-7-13)16-9-8-14(20(22)23)10-15(16)18-11/h3-10,12H,1-2H3/t12-/m0/s1. The Balaban J connectivity index is 2.29. The van der Waals surface area contributed by atoms with Gasteiger partial charge in [-0.15, -0.1) is 0 Å². The summed E-state index contributed by atoms with van der Waals surface area (Å²) < 4.78 is 1.64. The van der Waals surface area contributed by atoms with Crippen LogP contribution in [0.5, 0.6) is 0 Å². The molecule has 6 heteroatoms. The van der Waals surface area contributed by atoms with Gasteiger partial charge >= 0.3 is 0 Å². The molecule has 0 saturated heterocycles. The first-order valence-corrected chi connectivity index (χ1v) is 7.21. The van der Waals surface area contributed by atoms with E-state index in [1.54, 1.807) is 17.6 Å². The van der Waals surface area contributed by atoms with Gasteiger partial charge < -0.3 is 0 Å². The van der Waals surface area contributed by atoms with Crippen LogP contribution in [0.1, 0.15) is 24.2 Å². The summed E-state index contributed by atoms with van der Waals surface area (Å²) in [5, 5.41) is 10.9. The maximum absolute atomic E-state index is 12.6. The van der Waals surface area contributed by atoms with Gasteiger partial charge in [-0.3, -0.25) is 19.5 Å². The van der Waals surface area contributed by atoms with Gasteiger partial charge in [0, 0.05) is 12.1 Å². The Hall–Kier alpha value is -3.02. The van der Waals surface area contributed by atoms with E-state index in [0.717, 1.165) is 5.56 Å². The van der Waals surface area contributed by atoms with E-state index in [1.807, 2.05) is 37.3 Å². The SMILES string of the molecule is Cc1nc2cc([N+](=O)[O-])ccc2n([C@@H](C)c2ccccc2)c1=O. The quantitative estimate of drug-likeness (QED) is 0.549. The highest BCUT2D eigenvalue weighted by Gasteiger charge is 2.17. The normalized spacial score (nSPS) is 12.3. The molecule has 0 bridgehead atoms. The molecule has 0 aliphatic rings.